The zero-order chi connectivity index (χ0) is 13.7. The van der Waals surface area contributed by atoms with E-state index in [1.54, 1.807) is 16.9 Å². The summed E-state index contributed by atoms with van der Waals surface area (Å²) in [5.41, 5.74) is 2.35. The first kappa shape index (κ1) is 13.7. The Bertz CT molecular complexity index is 536. The molecule has 102 valence electrons. The highest BCUT2D eigenvalue weighted by Gasteiger charge is 2.09. The molecule has 1 aromatic heterocycles. The minimum Gasteiger partial charge on any atom is -0.313 e. The van der Waals surface area contributed by atoms with Gasteiger partial charge in [0, 0.05) is 24.2 Å². The third kappa shape index (κ3) is 3.17. The van der Waals surface area contributed by atoms with E-state index in [0.717, 1.165) is 30.8 Å². The molecule has 0 saturated heterocycles. The molecule has 0 bridgehead atoms. The fourth-order valence-electron chi connectivity index (χ4n) is 1.97. The number of halogens is 1. The second-order valence-electron chi connectivity index (χ2n) is 4.43. The maximum absolute atomic E-state index is 14.0. The zero-order valence-electron chi connectivity index (χ0n) is 11.4. The topological polar surface area (TPSA) is 42.7 Å². The van der Waals surface area contributed by atoms with E-state index in [4.69, 9.17) is 0 Å². The fourth-order valence-corrected chi connectivity index (χ4v) is 1.97. The Morgan fingerprint density at radius 2 is 2.16 bits per heavy atom. The largest absolute Gasteiger partial charge is 0.313 e. The predicted octanol–water partition coefficient (Wildman–Crippen LogP) is 2.60. The molecule has 0 radical (unpaired) electrons. The lowest BCUT2D eigenvalue weighted by Gasteiger charge is -2.08. The van der Waals surface area contributed by atoms with Crippen molar-refractivity contribution in [2.45, 2.75) is 33.4 Å². The van der Waals surface area contributed by atoms with Crippen molar-refractivity contribution in [2.75, 3.05) is 6.54 Å². The van der Waals surface area contributed by atoms with Crippen LogP contribution in [0.4, 0.5) is 4.39 Å². The second kappa shape index (κ2) is 6.43. The van der Waals surface area contributed by atoms with E-state index in [-0.39, 0.29) is 5.82 Å². The van der Waals surface area contributed by atoms with Crippen LogP contribution in [0.5, 0.6) is 0 Å². The molecule has 1 heterocycles. The lowest BCUT2D eigenvalue weighted by atomic mass is 10.1. The van der Waals surface area contributed by atoms with Gasteiger partial charge in [0.1, 0.15) is 5.82 Å². The van der Waals surface area contributed by atoms with E-state index in [9.17, 15) is 4.39 Å². The maximum atomic E-state index is 14.0. The number of aryl methyl sites for hydroxylation is 1. The SMILES string of the molecule is CCCn1nncc1-c1ccc(CNCC)c(F)c1. The van der Waals surface area contributed by atoms with Crippen LogP contribution in [0.2, 0.25) is 0 Å². The average molecular weight is 262 g/mol. The molecule has 2 rings (SSSR count). The molecular formula is C14H19FN4. The predicted molar refractivity (Wildman–Crippen MR) is 73.1 cm³/mol. The summed E-state index contributed by atoms with van der Waals surface area (Å²) < 4.78 is 15.8. The third-order valence-corrected chi connectivity index (χ3v) is 2.97. The third-order valence-electron chi connectivity index (χ3n) is 2.97. The van der Waals surface area contributed by atoms with Crippen molar-refractivity contribution in [1.82, 2.24) is 20.3 Å². The highest BCUT2D eigenvalue weighted by Crippen LogP contribution is 2.21. The number of aromatic nitrogens is 3. The first-order valence-electron chi connectivity index (χ1n) is 6.64. The summed E-state index contributed by atoms with van der Waals surface area (Å²) in [6.07, 6.45) is 2.64. The molecule has 0 spiro atoms. The molecule has 0 saturated carbocycles. The molecule has 4 nitrogen and oxygen atoms in total. The summed E-state index contributed by atoms with van der Waals surface area (Å²) in [6.45, 7) is 6.24. The maximum Gasteiger partial charge on any atom is 0.128 e. The van der Waals surface area contributed by atoms with Gasteiger partial charge in [-0.15, -0.1) is 5.10 Å². The molecular weight excluding hydrogens is 243 g/mol. The van der Waals surface area contributed by atoms with Gasteiger partial charge in [0.05, 0.1) is 11.9 Å². The monoisotopic (exact) mass is 262 g/mol. The Kier molecular flexibility index (Phi) is 4.63. The Morgan fingerprint density at radius 1 is 1.32 bits per heavy atom. The number of benzene rings is 1. The van der Waals surface area contributed by atoms with Crippen molar-refractivity contribution in [3.63, 3.8) is 0 Å². The first-order chi connectivity index (χ1) is 9.26. The number of hydrogen-bond donors (Lipinski definition) is 1. The van der Waals surface area contributed by atoms with Gasteiger partial charge in [-0.25, -0.2) is 9.07 Å². The zero-order valence-corrected chi connectivity index (χ0v) is 11.4. The molecule has 0 unspecified atom stereocenters. The lowest BCUT2D eigenvalue weighted by Crippen LogP contribution is -2.13. The van der Waals surface area contributed by atoms with E-state index in [1.165, 1.54) is 0 Å². The van der Waals surface area contributed by atoms with E-state index < -0.39 is 0 Å². The minimum absolute atomic E-state index is 0.192. The van der Waals surface area contributed by atoms with Gasteiger partial charge in [0.25, 0.3) is 0 Å². The molecule has 0 aliphatic heterocycles. The van der Waals surface area contributed by atoms with Gasteiger partial charge in [-0.05, 0) is 19.0 Å². The van der Waals surface area contributed by atoms with E-state index in [2.05, 4.69) is 22.6 Å². The van der Waals surface area contributed by atoms with Gasteiger partial charge in [-0.1, -0.05) is 31.2 Å². The second-order valence-corrected chi connectivity index (χ2v) is 4.43. The van der Waals surface area contributed by atoms with Crippen LogP contribution in [-0.4, -0.2) is 21.5 Å². The van der Waals surface area contributed by atoms with Crippen molar-refractivity contribution >= 4 is 0 Å². The van der Waals surface area contributed by atoms with Crippen molar-refractivity contribution in [3.8, 4) is 11.3 Å². The van der Waals surface area contributed by atoms with Crippen LogP contribution in [-0.2, 0) is 13.1 Å². The highest BCUT2D eigenvalue weighted by molar-refractivity contribution is 5.59. The molecule has 0 fully saturated rings. The van der Waals surface area contributed by atoms with E-state index in [1.807, 2.05) is 19.1 Å². The Labute approximate surface area is 112 Å². The van der Waals surface area contributed by atoms with Crippen LogP contribution in [0.1, 0.15) is 25.8 Å². The summed E-state index contributed by atoms with van der Waals surface area (Å²) in [5, 5.41) is 11.0. The van der Waals surface area contributed by atoms with Crippen LogP contribution < -0.4 is 5.32 Å². The van der Waals surface area contributed by atoms with Gasteiger partial charge < -0.3 is 5.32 Å². The van der Waals surface area contributed by atoms with Gasteiger partial charge >= 0.3 is 0 Å². The molecule has 1 aromatic carbocycles. The van der Waals surface area contributed by atoms with Crippen LogP contribution >= 0.6 is 0 Å². The molecule has 0 aliphatic carbocycles. The highest BCUT2D eigenvalue weighted by atomic mass is 19.1. The normalized spacial score (nSPS) is 10.9. The van der Waals surface area contributed by atoms with Crippen LogP contribution in [0.15, 0.2) is 24.4 Å². The average Bonchev–Trinajstić information content (AvgIpc) is 2.86. The summed E-state index contributed by atoms with van der Waals surface area (Å²) in [4.78, 5) is 0. The molecule has 1 N–H and O–H groups in total. The smallest absolute Gasteiger partial charge is 0.128 e. The minimum atomic E-state index is -0.192. The Balaban J connectivity index is 2.25. The van der Waals surface area contributed by atoms with Crippen LogP contribution in [0.25, 0.3) is 11.3 Å². The first-order valence-corrected chi connectivity index (χ1v) is 6.64. The quantitative estimate of drug-likeness (QED) is 0.870. The number of rotatable bonds is 6. The summed E-state index contributed by atoms with van der Waals surface area (Å²) in [7, 11) is 0. The summed E-state index contributed by atoms with van der Waals surface area (Å²) in [5.74, 6) is -0.192. The lowest BCUT2D eigenvalue weighted by molar-refractivity contribution is 0.581. The molecule has 2 aromatic rings. The Hall–Kier alpha value is -1.75. The van der Waals surface area contributed by atoms with Gasteiger partial charge in [0.15, 0.2) is 0 Å². The van der Waals surface area contributed by atoms with E-state index in [0.29, 0.717) is 12.1 Å². The fraction of sp³-hybridized carbons (Fsp3) is 0.429. The van der Waals surface area contributed by atoms with Crippen LogP contribution in [0, 0.1) is 5.82 Å². The number of nitrogens with zero attached hydrogens (tertiary/aromatic N) is 3. The number of hydrogen-bond acceptors (Lipinski definition) is 3. The van der Waals surface area contributed by atoms with Crippen molar-refractivity contribution < 1.29 is 4.39 Å². The molecule has 0 aliphatic rings. The molecule has 19 heavy (non-hydrogen) atoms. The van der Waals surface area contributed by atoms with Crippen molar-refractivity contribution in [3.05, 3.63) is 35.8 Å². The van der Waals surface area contributed by atoms with E-state index >= 15 is 0 Å². The number of nitrogens with one attached hydrogen (secondary N) is 1. The van der Waals surface area contributed by atoms with Crippen molar-refractivity contribution in [1.29, 1.82) is 0 Å². The van der Waals surface area contributed by atoms with Gasteiger partial charge in [-0.3, -0.25) is 0 Å². The van der Waals surface area contributed by atoms with Crippen LogP contribution in [0.3, 0.4) is 0 Å². The Morgan fingerprint density at radius 3 is 2.84 bits per heavy atom. The standard InChI is InChI=1S/C14H19FN4/c1-3-7-19-14(10-17-18-19)11-5-6-12(9-16-4-2)13(15)8-11/h5-6,8,10,16H,3-4,7,9H2,1-2H3. The van der Waals surface area contributed by atoms with Gasteiger partial charge in [0.2, 0.25) is 0 Å². The molecule has 0 atom stereocenters. The van der Waals surface area contributed by atoms with Crippen molar-refractivity contribution in [2.24, 2.45) is 0 Å². The summed E-state index contributed by atoms with van der Waals surface area (Å²) in [6, 6.07) is 5.29. The molecule has 5 heteroatoms. The summed E-state index contributed by atoms with van der Waals surface area (Å²) >= 11 is 0. The van der Waals surface area contributed by atoms with Gasteiger partial charge in [-0.2, -0.15) is 0 Å². The molecule has 0 amide bonds.